The van der Waals surface area contributed by atoms with Crippen molar-refractivity contribution < 1.29 is 13.7 Å². The van der Waals surface area contributed by atoms with Gasteiger partial charge >= 0.3 is 0 Å². The summed E-state index contributed by atoms with van der Waals surface area (Å²) >= 11 is 0. The van der Waals surface area contributed by atoms with Crippen LogP contribution in [0.5, 0.6) is 0 Å². The molecule has 2 nitrogen and oxygen atoms in total. The monoisotopic (exact) mass is 269 g/mol. The van der Waals surface area contributed by atoms with Crippen molar-refractivity contribution >= 4 is 5.91 Å². The molecule has 0 saturated carbocycles. The van der Waals surface area contributed by atoms with E-state index in [1.165, 1.54) is 6.07 Å². The predicted octanol–water partition coefficient (Wildman–Crippen LogP) is 4.29. The zero-order valence-electron chi connectivity index (χ0n) is 12.0. The van der Waals surface area contributed by atoms with Crippen molar-refractivity contribution in [1.82, 2.24) is 5.12 Å². The molecule has 0 heterocycles. The van der Waals surface area contributed by atoms with Crippen molar-refractivity contribution in [2.45, 2.75) is 52.5 Å². The van der Waals surface area contributed by atoms with Gasteiger partial charge in [0, 0.05) is 5.56 Å². The van der Waals surface area contributed by atoms with Crippen LogP contribution in [0.15, 0.2) is 18.2 Å². The Labute approximate surface area is 113 Å². The minimum atomic E-state index is -0.939. The average Bonchev–Trinajstić information content (AvgIpc) is 2.34. The van der Waals surface area contributed by atoms with E-state index in [1.54, 1.807) is 26.8 Å². The summed E-state index contributed by atoms with van der Waals surface area (Å²) < 4.78 is 27.3. The van der Waals surface area contributed by atoms with Crippen LogP contribution in [0.2, 0.25) is 0 Å². The first-order chi connectivity index (χ1) is 8.77. The number of carbonyl (C=O) groups excluding carboxylic acids is 1. The van der Waals surface area contributed by atoms with Gasteiger partial charge in [0.05, 0.1) is 5.54 Å². The van der Waals surface area contributed by atoms with Crippen LogP contribution < -0.4 is 0 Å². The lowest BCUT2D eigenvalue weighted by Gasteiger charge is -2.27. The maximum atomic E-state index is 14.0. The largest absolute Gasteiger partial charge is 0.282 e. The maximum absolute atomic E-state index is 14.0. The number of benzene rings is 1. The molecule has 1 amide bonds. The fourth-order valence-electron chi connectivity index (χ4n) is 1.74. The van der Waals surface area contributed by atoms with Gasteiger partial charge in [0.1, 0.15) is 5.82 Å². The normalized spacial score (nSPS) is 11.5. The molecular weight excluding hydrogens is 248 g/mol. The Kier molecular flexibility index (Phi) is 5.04. The lowest BCUT2D eigenvalue weighted by Crippen LogP contribution is -2.39. The van der Waals surface area contributed by atoms with E-state index in [4.69, 9.17) is 0 Å². The number of carbonyl (C=O) groups is 1. The zero-order chi connectivity index (χ0) is 14.6. The lowest BCUT2D eigenvalue weighted by molar-refractivity contribution is -0.0323. The van der Waals surface area contributed by atoms with Gasteiger partial charge in [-0.2, -0.15) is 5.12 Å². The van der Waals surface area contributed by atoms with E-state index in [9.17, 15) is 13.7 Å². The van der Waals surface area contributed by atoms with E-state index >= 15 is 0 Å². The first-order valence-electron chi connectivity index (χ1n) is 6.56. The van der Waals surface area contributed by atoms with E-state index < -0.39 is 17.3 Å². The topological polar surface area (TPSA) is 20.3 Å². The third kappa shape index (κ3) is 4.01. The second-order valence-corrected chi connectivity index (χ2v) is 5.66. The standard InChI is InChI=1S/C15H21F2NO/c1-5-6-7-11-8-9-12(16)10-13(11)14(19)18(17)15(2,3)4/h8-10H,5-7H2,1-4H3. The molecule has 0 aromatic heterocycles. The lowest BCUT2D eigenvalue weighted by atomic mass is 9.99. The molecule has 0 atom stereocenters. The van der Waals surface area contributed by atoms with Gasteiger partial charge < -0.3 is 0 Å². The summed E-state index contributed by atoms with van der Waals surface area (Å²) in [4.78, 5) is 12.1. The summed E-state index contributed by atoms with van der Waals surface area (Å²) in [5.74, 6) is -1.30. The van der Waals surface area contributed by atoms with Gasteiger partial charge in [0.2, 0.25) is 0 Å². The molecule has 1 aromatic rings. The Morgan fingerprint density at radius 3 is 2.47 bits per heavy atom. The van der Waals surface area contributed by atoms with Gasteiger partial charge in [0.25, 0.3) is 5.91 Å². The summed E-state index contributed by atoms with van der Waals surface area (Å²) in [5.41, 5.74) is -0.128. The summed E-state index contributed by atoms with van der Waals surface area (Å²) in [6.07, 6.45) is 2.49. The van der Waals surface area contributed by atoms with E-state index in [2.05, 4.69) is 0 Å². The van der Waals surface area contributed by atoms with Crippen molar-refractivity contribution in [3.05, 3.63) is 35.1 Å². The van der Waals surface area contributed by atoms with Crippen molar-refractivity contribution in [2.75, 3.05) is 0 Å². The molecule has 0 aliphatic heterocycles. The molecule has 0 fully saturated rings. The highest BCUT2D eigenvalue weighted by molar-refractivity contribution is 5.95. The quantitative estimate of drug-likeness (QED) is 0.746. The number of rotatable bonds is 4. The molecule has 0 saturated heterocycles. The Morgan fingerprint density at radius 1 is 1.32 bits per heavy atom. The number of unbranched alkanes of at least 4 members (excludes halogenated alkanes) is 1. The van der Waals surface area contributed by atoms with Crippen molar-refractivity contribution in [1.29, 1.82) is 0 Å². The maximum Gasteiger partial charge on any atom is 0.282 e. The number of aryl methyl sites for hydroxylation is 1. The number of hydrogen-bond acceptors (Lipinski definition) is 1. The fourth-order valence-corrected chi connectivity index (χ4v) is 1.74. The second-order valence-electron chi connectivity index (χ2n) is 5.66. The molecule has 0 N–H and O–H groups in total. The van der Waals surface area contributed by atoms with E-state index in [1.807, 2.05) is 6.92 Å². The molecule has 0 radical (unpaired) electrons. The minimum Gasteiger partial charge on any atom is -0.266 e. The van der Waals surface area contributed by atoms with E-state index in [-0.39, 0.29) is 10.7 Å². The molecule has 1 rings (SSSR count). The van der Waals surface area contributed by atoms with Gasteiger partial charge in [-0.15, -0.1) is 0 Å². The third-order valence-electron chi connectivity index (χ3n) is 2.87. The van der Waals surface area contributed by atoms with Crippen LogP contribution in [0.1, 0.15) is 56.5 Å². The van der Waals surface area contributed by atoms with Gasteiger partial charge in [-0.1, -0.05) is 23.9 Å². The van der Waals surface area contributed by atoms with Crippen LogP contribution in [-0.4, -0.2) is 16.6 Å². The van der Waals surface area contributed by atoms with Crippen LogP contribution >= 0.6 is 0 Å². The summed E-state index contributed by atoms with van der Waals surface area (Å²) in [6, 6.07) is 3.99. The number of amides is 1. The van der Waals surface area contributed by atoms with Crippen molar-refractivity contribution in [3.63, 3.8) is 0 Å². The van der Waals surface area contributed by atoms with E-state index in [0.717, 1.165) is 18.9 Å². The number of nitrogens with zero attached hydrogens (tertiary/aromatic N) is 1. The molecule has 0 bridgehead atoms. The molecular formula is C15H21F2NO. The minimum absolute atomic E-state index is 0.117. The highest BCUT2D eigenvalue weighted by Crippen LogP contribution is 2.22. The number of halogens is 2. The molecule has 0 aliphatic carbocycles. The Hall–Kier alpha value is -1.45. The van der Waals surface area contributed by atoms with Crippen molar-refractivity contribution in [2.24, 2.45) is 0 Å². The smallest absolute Gasteiger partial charge is 0.266 e. The Balaban J connectivity index is 3.10. The third-order valence-corrected chi connectivity index (χ3v) is 2.87. The highest BCUT2D eigenvalue weighted by Gasteiger charge is 2.29. The van der Waals surface area contributed by atoms with Gasteiger partial charge in [-0.3, -0.25) is 4.79 Å². The fraction of sp³-hybridized carbons (Fsp3) is 0.533. The Bertz CT molecular complexity index is 452. The van der Waals surface area contributed by atoms with Gasteiger partial charge in [-0.05, 0) is 51.3 Å². The summed E-state index contributed by atoms with van der Waals surface area (Å²) in [7, 11) is 0. The molecule has 0 spiro atoms. The van der Waals surface area contributed by atoms with Crippen molar-refractivity contribution in [3.8, 4) is 0 Å². The highest BCUT2D eigenvalue weighted by atomic mass is 19.2. The molecule has 4 heteroatoms. The first kappa shape index (κ1) is 15.6. The molecule has 0 aliphatic rings. The van der Waals surface area contributed by atoms with Crippen LogP contribution in [0.3, 0.4) is 0 Å². The summed E-state index contributed by atoms with van der Waals surface area (Å²) in [5, 5.41) is 0.164. The van der Waals surface area contributed by atoms with Crippen LogP contribution in [0.4, 0.5) is 8.87 Å². The van der Waals surface area contributed by atoms with Crippen LogP contribution in [0, 0.1) is 5.82 Å². The predicted molar refractivity (Wildman–Crippen MR) is 72.0 cm³/mol. The van der Waals surface area contributed by atoms with Gasteiger partial charge in [0.15, 0.2) is 0 Å². The first-order valence-corrected chi connectivity index (χ1v) is 6.56. The number of hydrogen-bond donors (Lipinski definition) is 0. The van der Waals surface area contributed by atoms with Gasteiger partial charge in [-0.25, -0.2) is 4.39 Å². The average molecular weight is 269 g/mol. The zero-order valence-corrected chi connectivity index (χ0v) is 12.0. The van der Waals surface area contributed by atoms with Crippen LogP contribution in [0.25, 0.3) is 0 Å². The molecule has 1 aromatic carbocycles. The Morgan fingerprint density at radius 2 is 1.95 bits per heavy atom. The second kappa shape index (κ2) is 6.13. The molecule has 19 heavy (non-hydrogen) atoms. The summed E-state index contributed by atoms with van der Waals surface area (Å²) in [6.45, 7) is 6.81. The molecule has 106 valence electrons. The van der Waals surface area contributed by atoms with Crippen LogP contribution in [-0.2, 0) is 6.42 Å². The van der Waals surface area contributed by atoms with E-state index in [0.29, 0.717) is 12.0 Å². The SMILES string of the molecule is CCCCc1ccc(F)cc1C(=O)N(F)C(C)(C)C. The molecule has 0 unspecified atom stereocenters.